The SMILES string of the molecule is COC(=O)[C@H]1C(=O)NC(SCC(=O)Nc2ccc(F)c(Cl)c2)=C(C#N)[C@H]1c1ccc(OC)c(Br)c1. The number of nitrogens with one attached hydrogen (secondary N) is 2. The van der Waals surface area contributed by atoms with Gasteiger partial charge in [-0.15, -0.1) is 0 Å². The lowest BCUT2D eigenvalue weighted by Gasteiger charge is -2.31. The van der Waals surface area contributed by atoms with E-state index in [2.05, 4.69) is 32.6 Å². The summed E-state index contributed by atoms with van der Waals surface area (Å²) in [5.74, 6) is -4.49. The van der Waals surface area contributed by atoms with Crippen molar-refractivity contribution in [3.63, 3.8) is 0 Å². The average Bonchev–Trinajstić information content (AvgIpc) is 2.84. The van der Waals surface area contributed by atoms with Gasteiger partial charge in [0.2, 0.25) is 11.8 Å². The maximum absolute atomic E-state index is 13.3. The zero-order valence-corrected chi connectivity index (χ0v) is 21.5. The van der Waals surface area contributed by atoms with Gasteiger partial charge in [0.05, 0.1) is 46.1 Å². The Balaban J connectivity index is 1.91. The Morgan fingerprint density at radius 1 is 1.29 bits per heavy atom. The van der Waals surface area contributed by atoms with E-state index >= 15 is 0 Å². The van der Waals surface area contributed by atoms with Crippen LogP contribution in [0.2, 0.25) is 5.02 Å². The number of hydrogen-bond donors (Lipinski definition) is 2. The maximum atomic E-state index is 13.3. The van der Waals surface area contributed by atoms with E-state index in [0.717, 1.165) is 24.9 Å². The molecule has 1 aliphatic rings. The molecule has 1 aliphatic heterocycles. The summed E-state index contributed by atoms with van der Waals surface area (Å²) >= 11 is 10.0. The Morgan fingerprint density at radius 2 is 2.03 bits per heavy atom. The predicted molar refractivity (Wildman–Crippen MR) is 132 cm³/mol. The Morgan fingerprint density at radius 3 is 2.63 bits per heavy atom. The number of carbonyl (C=O) groups is 3. The van der Waals surface area contributed by atoms with Crippen LogP contribution in [0.1, 0.15) is 11.5 Å². The van der Waals surface area contributed by atoms with E-state index in [4.69, 9.17) is 21.1 Å². The van der Waals surface area contributed by atoms with Gasteiger partial charge >= 0.3 is 5.97 Å². The first kappa shape index (κ1) is 26.5. The molecule has 0 spiro atoms. The standard InChI is InChI=1S/C23H18BrClFN3O5S/c1-33-17-6-3-11(7-14(17)24)19-13(9-27)22(29-21(31)20(19)23(32)34-2)35-10-18(30)28-12-4-5-16(26)15(25)8-12/h3-8,19-20H,10H2,1-2H3,(H,28,30)(H,29,31)/t19-,20-/m1/s1. The van der Waals surface area contributed by atoms with Gasteiger partial charge in [0.1, 0.15) is 17.5 Å². The van der Waals surface area contributed by atoms with Gasteiger partial charge in [-0.3, -0.25) is 14.4 Å². The van der Waals surface area contributed by atoms with Gasteiger partial charge in [0, 0.05) is 11.6 Å². The van der Waals surface area contributed by atoms with Crippen LogP contribution in [-0.2, 0) is 19.1 Å². The van der Waals surface area contributed by atoms with E-state index < -0.39 is 35.4 Å². The quantitative estimate of drug-likeness (QED) is 0.368. The zero-order valence-electron chi connectivity index (χ0n) is 18.4. The summed E-state index contributed by atoms with van der Waals surface area (Å²) in [4.78, 5) is 37.8. The molecular weight excluding hydrogens is 565 g/mol. The van der Waals surface area contributed by atoms with Gasteiger partial charge in [0.15, 0.2) is 0 Å². The van der Waals surface area contributed by atoms with E-state index in [1.807, 2.05) is 0 Å². The molecule has 0 fully saturated rings. The van der Waals surface area contributed by atoms with Gasteiger partial charge in [-0.2, -0.15) is 5.26 Å². The van der Waals surface area contributed by atoms with Crippen LogP contribution in [0.15, 0.2) is 51.5 Å². The molecule has 12 heteroatoms. The van der Waals surface area contributed by atoms with Crippen molar-refractivity contribution in [3.8, 4) is 11.8 Å². The smallest absolute Gasteiger partial charge is 0.319 e. The fourth-order valence-electron chi connectivity index (χ4n) is 3.46. The van der Waals surface area contributed by atoms with E-state index in [0.29, 0.717) is 15.8 Å². The van der Waals surface area contributed by atoms with E-state index in [9.17, 15) is 24.0 Å². The predicted octanol–water partition coefficient (Wildman–Crippen LogP) is 4.36. The fourth-order valence-corrected chi connectivity index (χ4v) is 5.05. The van der Waals surface area contributed by atoms with Crippen LogP contribution in [0.4, 0.5) is 10.1 Å². The minimum Gasteiger partial charge on any atom is -0.496 e. The number of thioether (sulfide) groups is 1. The van der Waals surface area contributed by atoms with Crippen molar-refractivity contribution in [2.75, 3.05) is 25.3 Å². The number of esters is 1. The lowest BCUT2D eigenvalue weighted by Crippen LogP contribution is -2.44. The molecule has 0 unspecified atom stereocenters. The van der Waals surface area contributed by atoms with E-state index in [-0.39, 0.29) is 27.1 Å². The second-order valence-electron chi connectivity index (χ2n) is 7.18. The molecule has 0 radical (unpaired) electrons. The number of nitriles is 1. The number of benzene rings is 2. The third-order valence-electron chi connectivity index (χ3n) is 5.07. The highest BCUT2D eigenvalue weighted by Crippen LogP contribution is 2.42. The molecule has 2 aromatic carbocycles. The van der Waals surface area contributed by atoms with Crippen molar-refractivity contribution in [2.24, 2.45) is 5.92 Å². The molecule has 2 amide bonds. The number of hydrogen-bond acceptors (Lipinski definition) is 7. The Kier molecular flexibility index (Phi) is 8.77. The average molecular weight is 583 g/mol. The normalized spacial score (nSPS) is 17.3. The Bertz CT molecular complexity index is 1270. The first-order chi connectivity index (χ1) is 16.7. The number of carbonyl (C=O) groups excluding carboxylic acids is 3. The largest absolute Gasteiger partial charge is 0.496 e. The number of anilines is 1. The number of nitrogens with zero attached hydrogens (tertiary/aromatic N) is 1. The van der Waals surface area contributed by atoms with Crippen LogP contribution >= 0.6 is 39.3 Å². The molecule has 0 aliphatic carbocycles. The molecule has 0 aromatic heterocycles. The number of amides is 2. The summed E-state index contributed by atoms with van der Waals surface area (Å²) in [6.45, 7) is 0. The van der Waals surface area contributed by atoms with Crippen molar-refractivity contribution >= 4 is 62.8 Å². The summed E-state index contributed by atoms with van der Waals surface area (Å²) in [6, 6.07) is 10.7. The molecule has 2 atom stereocenters. The van der Waals surface area contributed by atoms with Crippen molar-refractivity contribution in [2.45, 2.75) is 5.92 Å². The highest BCUT2D eigenvalue weighted by molar-refractivity contribution is 9.10. The van der Waals surface area contributed by atoms with Crippen LogP contribution in [0.3, 0.4) is 0 Å². The Labute approximate surface area is 217 Å². The van der Waals surface area contributed by atoms with Crippen LogP contribution < -0.4 is 15.4 Å². The summed E-state index contributed by atoms with van der Waals surface area (Å²) in [7, 11) is 2.65. The topological polar surface area (TPSA) is 118 Å². The third kappa shape index (κ3) is 5.96. The summed E-state index contributed by atoms with van der Waals surface area (Å²) in [5.41, 5.74) is 0.888. The van der Waals surface area contributed by atoms with E-state index in [1.54, 1.807) is 18.2 Å². The molecule has 3 rings (SSSR count). The van der Waals surface area contributed by atoms with Crippen LogP contribution in [-0.4, -0.2) is 37.8 Å². The summed E-state index contributed by atoms with van der Waals surface area (Å²) < 4.78 is 24.0. The highest BCUT2D eigenvalue weighted by atomic mass is 79.9. The zero-order chi connectivity index (χ0) is 25.7. The third-order valence-corrected chi connectivity index (χ3v) is 7.00. The molecule has 182 valence electrons. The van der Waals surface area contributed by atoms with E-state index in [1.165, 1.54) is 19.2 Å². The summed E-state index contributed by atoms with van der Waals surface area (Å²) in [5, 5.41) is 15.1. The van der Waals surface area contributed by atoms with Gasteiger partial charge in [0.25, 0.3) is 0 Å². The molecule has 2 N–H and O–H groups in total. The second-order valence-corrected chi connectivity index (χ2v) is 9.43. The molecular formula is C23H18BrClFN3O5S. The molecule has 1 heterocycles. The first-order valence-electron chi connectivity index (χ1n) is 9.94. The molecule has 0 saturated heterocycles. The van der Waals surface area contributed by atoms with Crippen molar-refractivity contribution in [3.05, 3.63) is 67.9 Å². The van der Waals surface area contributed by atoms with Crippen LogP contribution in [0.5, 0.6) is 5.75 Å². The lowest BCUT2D eigenvalue weighted by molar-refractivity contribution is -0.150. The lowest BCUT2D eigenvalue weighted by atomic mass is 9.78. The highest BCUT2D eigenvalue weighted by Gasteiger charge is 2.44. The van der Waals surface area contributed by atoms with Gasteiger partial charge < -0.3 is 20.1 Å². The minimum absolute atomic E-state index is 0.0969. The Hall–Kier alpha value is -3.07. The van der Waals surface area contributed by atoms with Gasteiger partial charge in [-0.1, -0.05) is 29.4 Å². The molecule has 0 saturated carbocycles. The molecule has 2 aromatic rings. The van der Waals surface area contributed by atoms with Crippen molar-refractivity contribution < 1.29 is 28.2 Å². The molecule has 0 bridgehead atoms. The first-order valence-corrected chi connectivity index (χ1v) is 12.1. The molecule has 8 nitrogen and oxygen atoms in total. The number of ether oxygens (including phenoxy) is 2. The summed E-state index contributed by atoms with van der Waals surface area (Å²) in [6.07, 6.45) is 0. The monoisotopic (exact) mass is 581 g/mol. The van der Waals surface area contributed by atoms with Crippen LogP contribution in [0.25, 0.3) is 0 Å². The second kappa shape index (κ2) is 11.6. The van der Waals surface area contributed by atoms with Crippen molar-refractivity contribution in [1.29, 1.82) is 5.26 Å². The van der Waals surface area contributed by atoms with Crippen LogP contribution in [0, 0.1) is 23.1 Å². The number of halogens is 3. The number of allylic oxidation sites excluding steroid dienone is 1. The van der Waals surface area contributed by atoms with Gasteiger partial charge in [-0.05, 0) is 51.8 Å². The van der Waals surface area contributed by atoms with Gasteiger partial charge in [-0.25, -0.2) is 4.39 Å². The minimum atomic E-state index is -1.31. The number of rotatable bonds is 7. The number of methoxy groups -OCH3 is 2. The maximum Gasteiger partial charge on any atom is 0.319 e. The molecule has 35 heavy (non-hydrogen) atoms. The van der Waals surface area contributed by atoms with Crippen molar-refractivity contribution in [1.82, 2.24) is 5.32 Å². The fraction of sp³-hybridized carbons (Fsp3) is 0.217.